The second-order valence-corrected chi connectivity index (χ2v) is 3.86. The molecule has 1 saturated heterocycles. The first kappa shape index (κ1) is 10.5. The molecule has 0 spiro atoms. The Labute approximate surface area is 91.2 Å². The average Bonchev–Trinajstić information content (AvgIpc) is 2.32. The first-order chi connectivity index (χ1) is 7.45. The molecule has 2 heteroatoms. The summed E-state index contributed by atoms with van der Waals surface area (Å²) in [7, 11) is 0. The predicted octanol–water partition coefficient (Wildman–Crippen LogP) is 2.93. The predicted molar refractivity (Wildman–Crippen MR) is 59.1 cm³/mol. The van der Waals surface area contributed by atoms with Gasteiger partial charge in [0.2, 0.25) is 6.61 Å². The molecule has 2 rings (SSSR count). The summed E-state index contributed by atoms with van der Waals surface area (Å²) >= 11 is 0. The number of rotatable bonds is 4. The normalized spacial score (nSPS) is 20.9. The van der Waals surface area contributed by atoms with E-state index in [2.05, 4.69) is 12.1 Å². The molecule has 1 aromatic carbocycles. The molecule has 80 valence electrons. The summed E-state index contributed by atoms with van der Waals surface area (Å²) in [4.78, 5) is 0. The van der Waals surface area contributed by atoms with Crippen LogP contribution in [0.15, 0.2) is 30.3 Å². The number of benzene rings is 1. The largest absolute Gasteiger partial charge is 0.374 e. The zero-order valence-electron chi connectivity index (χ0n) is 8.89. The van der Waals surface area contributed by atoms with Crippen molar-refractivity contribution in [3.05, 3.63) is 42.5 Å². The molecule has 0 radical (unpaired) electrons. The minimum Gasteiger partial charge on any atom is -0.374 e. The molecule has 1 aromatic rings. The summed E-state index contributed by atoms with van der Waals surface area (Å²) in [5.41, 5.74) is 1.22. The molecular weight excluding hydrogens is 188 g/mol. The SMILES string of the molecule is c1ccc(COC[C@@H]2CCC[CH+]O2)cc1. The molecule has 0 N–H and O–H groups in total. The molecule has 0 saturated carbocycles. The topological polar surface area (TPSA) is 18.5 Å². The lowest BCUT2D eigenvalue weighted by molar-refractivity contribution is -0.0168. The minimum absolute atomic E-state index is 0.266. The Kier molecular flexibility index (Phi) is 4.06. The van der Waals surface area contributed by atoms with E-state index in [9.17, 15) is 0 Å². The highest BCUT2D eigenvalue weighted by Crippen LogP contribution is 2.16. The molecule has 0 unspecified atom stereocenters. The van der Waals surface area contributed by atoms with E-state index in [1.54, 1.807) is 0 Å². The van der Waals surface area contributed by atoms with Crippen LogP contribution in [-0.2, 0) is 16.1 Å². The van der Waals surface area contributed by atoms with Crippen LogP contribution in [0.4, 0.5) is 0 Å². The molecule has 0 bridgehead atoms. The van der Waals surface area contributed by atoms with Crippen molar-refractivity contribution in [2.45, 2.75) is 32.0 Å². The second kappa shape index (κ2) is 5.79. The van der Waals surface area contributed by atoms with E-state index in [1.807, 2.05) is 24.8 Å². The highest BCUT2D eigenvalue weighted by atomic mass is 16.5. The summed E-state index contributed by atoms with van der Waals surface area (Å²) in [6.45, 7) is 3.28. The van der Waals surface area contributed by atoms with Crippen LogP contribution in [0.3, 0.4) is 0 Å². The fourth-order valence-electron chi connectivity index (χ4n) is 1.71. The first-order valence-corrected chi connectivity index (χ1v) is 5.54. The summed E-state index contributed by atoms with van der Waals surface area (Å²) in [6.07, 6.45) is 3.68. The average molecular weight is 205 g/mol. The Balaban J connectivity index is 1.66. The van der Waals surface area contributed by atoms with E-state index < -0.39 is 0 Å². The Bertz CT molecular complexity index is 265. The van der Waals surface area contributed by atoms with Gasteiger partial charge in [0.1, 0.15) is 12.5 Å². The Hall–Kier alpha value is -0.990. The molecule has 0 aromatic heterocycles. The molecule has 1 aliphatic rings. The van der Waals surface area contributed by atoms with Crippen molar-refractivity contribution in [3.8, 4) is 0 Å². The fourth-order valence-corrected chi connectivity index (χ4v) is 1.71. The van der Waals surface area contributed by atoms with Gasteiger partial charge in [-0.15, -0.1) is 0 Å². The summed E-state index contributed by atoms with van der Waals surface area (Å²) < 4.78 is 11.1. The number of ether oxygens (including phenoxy) is 2. The summed E-state index contributed by atoms with van der Waals surface area (Å²) in [6, 6.07) is 10.2. The molecule has 15 heavy (non-hydrogen) atoms. The fraction of sp³-hybridized carbons (Fsp3) is 0.462. The van der Waals surface area contributed by atoms with Gasteiger partial charge in [0, 0.05) is 0 Å². The zero-order valence-corrected chi connectivity index (χ0v) is 8.89. The molecule has 1 atom stereocenters. The lowest BCUT2D eigenvalue weighted by Gasteiger charge is -2.15. The smallest absolute Gasteiger partial charge is 0.227 e. The maximum atomic E-state index is 5.61. The van der Waals surface area contributed by atoms with Crippen LogP contribution in [0.25, 0.3) is 0 Å². The molecule has 2 nitrogen and oxygen atoms in total. The molecule has 1 heterocycles. The standard InChI is InChI=1S/C13H17O2/c1-2-6-12(7-3-1)10-14-11-13-8-4-5-9-15-13/h1-3,6-7,9,13H,4-5,8,10-11H2/q+1/t13-/m0/s1. The molecule has 1 fully saturated rings. The van der Waals surface area contributed by atoms with Crippen LogP contribution in [0.5, 0.6) is 0 Å². The van der Waals surface area contributed by atoms with Crippen LogP contribution in [0, 0.1) is 6.61 Å². The Morgan fingerprint density at radius 3 is 2.93 bits per heavy atom. The highest BCUT2D eigenvalue weighted by Gasteiger charge is 2.20. The van der Waals surface area contributed by atoms with E-state index >= 15 is 0 Å². The van der Waals surface area contributed by atoms with Gasteiger partial charge >= 0.3 is 0 Å². The Morgan fingerprint density at radius 1 is 1.33 bits per heavy atom. The third kappa shape index (κ3) is 3.57. The van der Waals surface area contributed by atoms with Crippen LogP contribution in [0.2, 0.25) is 0 Å². The van der Waals surface area contributed by atoms with Crippen molar-refractivity contribution < 1.29 is 9.47 Å². The minimum atomic E-state index is 0.266. The van der Waals surface area contributed by atoms with Crippen LogP contribution in [0.1, 0.15) is 24.8 Å². The van der Waals surface area contributed by atoms with E-state index in [-0.39, 0.29) is 6.10 Å². The summed E-state index contributed by atoms with van der Waals surface area (Å²) in [5.74, 6) is 0. The van der Waals surface area contributed by atoms with Crippen molar-refractivity contribution in [3.63, 3.8) is 0 Å². The van der Waals surface area contributed by atoms with Gasteiger partial charge in [-0.05, 0) is 18.4 Å². The van der Waals surface area contributed by atoms with Gasteiger partial charge in [-0.3, -0.25) is 0 Å². The van der Waals surface area contributed by atoms with E-state index in [0.717, 1.165) is 12.8 Å². The molecule has 0 aliphatic carbocycles. The van der Waals surface area contributed by atoms with E-state index in [4.69, 9.17) is 9.47 Å². The molecular formula is C13H17O2+. The first-order valence-electron chi connectivity index (χ1n) is 5.54. The Morgan fingerprint density at radius 2 is 2.20 bits per heavy atom. The van der Waals surface area contributed by atoms with Gasteiger partial charge in [0.05, 0.1) is 13.2 Å². The van der Waals surface area contributed by atoms with Crippen molar-refractivity contribution in [2.75, 3.05) is 6.61 Å². The van der Waals surface area contributed by atoms with Crippen molar-refractivity contribution >= 4 is 0 Å². The quantitative estimate of drug-likeness (QED) is 0.704. The lowest BCUT2D eigenvalue weighted by atomic mass is 10.1. The van der Waals surface area contributed by atoms with Crippen LogP contribution < -0.4 is 0 Å². The third-order valence-electron chi connectivity index (χ3n) is 2.55. The van der Waals surface area contributed by atoms with Gasteiger partial charge in [-0.2, -0.15) is 4.74 Å². The molecule has 0 amide bonds. The van der Waals surface area contributed by atoms with Gasteiger partial charge in [0.25, 0.3) is 0 Å². The van der Waals surface area contributed by atoms with Gasteiger partial charge in [0.15, 0.2) is 0 Å². The van der Waals surface area contributed by atoms with Crippen molar-refractivity contribution in [1.82, 2.24) is 0 Å². The van der Waals surface area contributed by atoms with Crippen molar-refractivity contribution in [1.29, 1.82) is 0 Å². The number of hydrogen-bond donors (Lipinski definition) is 0. The highest BCUT2D eigenvalue weighted by molar-refractivity contribution is 5.13. The third-order valence-corrected chi connectivity index (χ3v) is 2.55. The number of hydrogen-bond acceptors (Lipinski definition) is 2. The maximum Gasteiger partial charge on any atom is 0.227 e. The van der Waals surface area contributed by atoms with Crippen molar-refractivity contribution in [2.24, 2.45) is 0 Å². The second-order valence-electron chi connectivity index (χ2n) is 3.86. The van der Waals surface area contributed by atoms with Gasteiger partial charge in [-0.1, -0.05) is 30.3 Å². The molecule has 1 aliphatic heterocycles. The van der Waals surface area contributed by atoms with Gasteiger partial charge in [-0.25, -0.2) is 0 Å². The summed E-state index contributed by atoms with van der Waals surface area (Å²) in [5, 5.41) is 0. The van der Waals surface area contributed by atoms with E-state index in [1.165, 1.54) is 12.0 Å². The lowest BCUT2D eigenvalue weighted by Crippen LogP contribution is -2.22. The maximum absolute atomic E-state index is 5.61. The van der Waals surface area contributed by atoms with E-state index in [0.29, 0.717) is 13.2 Å². The van der Waals surface area contributed by atoms with Crippen LogP contribution >= 0.6 is 0 Å². The monoisotopic (exact) mass is 205 g/mol. The van der Waals surface area contributed by atoms with Gasteiger partial charge < -0.3 is 4.74 Å². The van der Waals surface area contributed by atoms with Crippen LogP contribution in [-0.4, -0.2) is 12.7 Å². The zero-order chi connectivity index (χ0) is 10.3.